The van der Waals surface area contributed by atoms with Gasteiger partial charge in [-0.15, -0.1) is 0 Å². The highest BCUT2D eigenvalue weighted by atomic mass is 16.5. The van der Waals surface area contributed by atoms with Crippen LogP contribution in [0, 0.1) is 0 Å². The maximum atomic E-state index is 5.49. The standard InChI is InChI=1S/C12H11N3O2/c1-16-8-2-3-9-7(4-8)5-10(14-9)11-6-12(13)17-15-11/h2-6,14H,13H2,1H3. The third-order valence-electron chi connectivity index (χ3n) is 2.63. The van der Waals surface area contributed by atoms with Crippen molar-refractivity contribution in [2.75, 3.05) is 12.8 Å². The van der Waals surface area contributed by atoms with E-state index in [4.69, 9.17) is 15.0 Å². The SMILES string of the molecule is COc1ccc2[nH]c(-c3cc(N)on3)cc2c1. The van der Waals surface area contributed by atoms with Gasteiger partial charge in [0, 0.05) is 17.0 Å². The van der Waals surface area contributed by atoms with Crippen molar-refractivity contribution in [1.29, 1.82) is 0 Å². The van der Waals surface area contributed by atoms with Crippen molar-refractivity contribution in [1.82, 2.24) is 10.1 Å². The molecule has 0 spiro atoms. The number of hydrogen-bond acceptors (Lipinski definition) is 4. The average molecular weight is 229 g/mol. The molecule has 3 N–H and O–H groups in total. The summed E-state index contributed by atoms with van der Waals surface area (Å²) in [7, 11) is 1.65. The number of nitrogens with two attached hydrogens (primary N) is 1. The van der Waals surface area contributed by atoms with E-state index >= 15 is 0 Å². The molecule has 0 aliphatic heterocycles. The van der Waals surface area contributed by atoms with E-state index in [0.29, 0.717) is 11.6 Å². The molecule has 0 atom stereocenters. The molecule has 2 heterocycles. The second-order valence-electron chi connectivity index (χ2n) is 3.75. The van der Waals surface area contributed by atoms with Gasteiger partial charge in [-0.25, -0.2) is 0 Å². The van der Waals surface area contributed by atoms with Crippen molar-refractivity contribution in [2.24, 2.45) is 0 Å². The Balaban J connectivity index is 2.13. The molecule has 0 fully saturated rings. The van der Waals surface area contributed by atoms with E-state index in [2.05, 4.69) is 10.1 Å². The molecule has 3 aromatic rings. The molecule has 0 unspecified atom stereocenters. The third-order valence-corrected chi connectivity index (χ3v) is 2.63. The van der Waals surface area contributed by atoms with Crippen LogP contribution in [-0.2, 0) is 0 Å². The van der Waals surface area contributed by atoms with Gasteiger partial charge in [-0.3, -0.25) is 0 Å². The average Bonchev–Trinajstić information content (AvgIpc) is 2.93. The normalized spacial score (nSPS) is 10.9. The van der Waals surface area contributed by atoms with Gasteiger partial charge in [0.2, 0.25) is 5.88 Å². The summed E-state index contributed by atoms with van der Waals surface area (Å²) < 4.78 is 10.0. The predicted molar refractivity (Wildman–Crippen MR) is 64.8 cm³/mol. The van der Waals surface area contributed by atoms with Crippen LogP contribution in [0.3, 0.4) is 0 Å². The summed E-state index contributed by atoms with van der Waals surface area (Å²) in [4.78, 5) is 3.24. The molecule has 0 bridgehead atoms. The number of rotatable bonds is 2. The Bertz CT molecular complexity index is 669. The third kappa shape index (κ3) is 1.61. The van der Waals surface area contributed by atoms with Crippen LogP contribution in [0.1, 0.15) is 0 Å². The van der Waals surface area contributed by atoms with E-state index in [1.54, 1.807) is 13.2 Å². The lowest BCUT2D eigenvalue weighted by Gasteiger charge is -1.97. The van der Waals surface area contributed by atoms with Crippen LogP contribution in [0.5, 0.6) is 5.75 Å². The molecule has 3 rings (SSSR count). The molecule has 0 amide bonds. The molecule has 5 nitrogen and oxygen atoms in total. The smallest absolute Gasteiger partial charge is 0.222 e. The Morgan fingerprint density at radius 3 is 2.88 bits per heavy atom. The van der Waals surface area contributed by atoms with Crippen molar-refractivity contribution in [2.45, 2.75) is 0 Å². The minimum absolute atomic E-state index is 0.302. The zero-order valence-corrected chi connectivity index (χ0v) is 9.23. The van der Waals surface area contributed by atoms with E-state index < -0.39 is 0 Å². The van der Waals surface area contributed by atoms with E-state index in [1.165, 1.54) is 0 Å². The highest BCUT2D eigenvalue weighted by Gasteiger charge is 2.08. The number of fused-ring (bicyclic) bond motifs is 1. The van der Waals surface area contributed by atoms with E-state index in [0.717, 1.165) is 22.3 Å². The Morgan fingerprint density at radius 1 is 1.29 bits per heavy atom. The first-order valence-corrected chi connectivity index (χ1v) is 5.15. The molecule has 86 valence electrons. The summed E-state index contributed by atoms with van der Waals surface area (Å²) in [6.07, 6.45) is 0. The Kier molecular flexibility index (Phi) is 2.04. The summed E-state index contributed by atoms with van der Waals surface area (Å²) in [5.41, 5.74) is 8.07. The second-order valence-corrected chi connectivity index (χ2v) is 3.75. The number of nitrogens with one attached hydrogen (secondary N) is 1. The van der Waals surface area contributed by atoms with Crippen LogP contribution >= 0.6 is 0 Å². The van der Waals surface area contributed by atoms with Gasteiger partial charge in [-0.2, -0.15) is 0 Å². The van der Waals surface area contributed by atoms with Crippen molar-refractivity contribution in [3.8, 4) is 17.1 Å². The van der Waals surface area contributed by atoms with Crippen LogP contribution in [-0.4, -0.2) is 17.3 Å². The molecular formula is C12H11N3O2. The Labute approximate surface area is 97.2 Å². The molecule has 1 aromatic carbocycles. The maximum absolute atomic E-state index is 5.49. The number of hydrogen-bond donors (Lipinski definition) is 2. The number of H-pyrrole nitrogens is 1. The quantitative estimate of drug-likeness (QED) is 0.707. The van der Waals surface area contributed by atoms with Gasteiger partial charge >= 0.3 is 0 Å². The van der Waals surface area contributed by atoms with Crippen LogP contribution in [0.4, 0.5) is 5.88 Å². The molecule has 17 heavy (non-hydrogen) atoms. The van der Waals surface area contributed by atoms with Gasteiger partial charge in [0.15, 0.2) is 0 Å². The van der Waals surface area contributed by atoms with Crippen LogP contribution in [0.2, 0.25) is 0 Å². The number of aromatic nitrogens is 2. The second kappa shape index (κ2) is 3.55. The van der Waals surface area contributed by atoms with Gasteiger partial charge in [0.05, 0.1) is 12.8 Å². The van der Waals surface area contributed by atoms with Crippen LogP contribution in [0.25, 0.3) is 22.3 Å². The monoisotopic (exact) mass is 229 g/mol. The summed E-state index contributed by atoms with van der Waals surface area (Å²) in [5.74, 6) is 1.12. The fourth-order valence-corrected chi connectivity index (χ4v) is 1.79. The van der Waals surface area contributed by atoms with Gasteiger partial charge in [0.25, 0.3) is 0 Å². The summed E-state index contributed by atoms with van der Waals surface area (Å²) in [6.45, 7) is 0. The van der Waals surface area contributed by atoms with Crippen molar-refractivity contribution in [3.63, 3.8) is 0 Å². The number of anilines is 1. The fourth-order valence-electron chi connectivity index (χ4n) is 1.79. The summed E-state index contributed by atoms with van der Waals surface area (Å²) in [5, 5.41) is 4.92. The molecule has 0 saturated carbocycles. The van der Waals surface area contributed by atoms with Crippen LogP contribution < -0.4 is 10.5 Å². The highest BCUT2D eigenvalue weighted by Crippen LogP contribution is 2.26. The minimum Gasteiger partial charge on any atom is -0.497 e. The van der Waals surface area contributed by atoms with Gasteiger partial charge in [0.1, 0.15) is 11.4 Å². The zero-order valence-electron chi connectivity index (χ0n) is 9.23. The molecule has 0 aliphatic carbocycles. The van der Waals surface area contributed by atoms with Crippen LogP contribution in [0.15, 0.2) is 34.9 Å². The lowest BCUT2D eigenvalue weighted by molar-refractivity contribution is 0.415. The number of nitrogens with zero attached hydrogens (tertiary/aromatic N) is 1. The van der Waals surface area contributed by atoms with Crippen molar-refractivity contribution in [3.05, 3.63) is 30.3 Å². The lowest BCUT2D eigenvalue weighted by Crippen LogP contribution is -1.80. The van der Waals surface area contributed by atoms with Crippen molar-refractivity contribution < 1.29 is 9.26 Å². The highest BCUT2D eigenvalue weighted by molar-refractivity contribution is 5.86. The largest absolute Gasteiger partial charge is 0.497 e. The molecule has 2 aromatic heterocycles. The first-order chi connectivity index (χ1) is 8.26. The number of nitrogen functional groups attached to an aromatic ring is 1. The molecule has 5 heteroatoms. The first kappa shape index (κ1) is 9.77. The molecule has 0 aliphatic rings. The number of ether oxygens (including phenoxy) is 1. The molecular weight excluding hydrogens is 218 g/mol. The molecule has 0 radical (unpaired) electrons. The zero-order chi connectivity index (χ0) is 11.8. The van der Waals surface area contributed by atoms with Gasteiger partial charge < -0.3 is 20.0 Å². The van der Waals surface area contributed by atoms with E-state index in [1.807, 2.05) is 24.3 Å². The Morgan fingerprint density at radius 2 is 2.18 bits per heavy atom. The lowest BCUT2D eigenvalue weighted by atomic mass is 10.2. The van der Waals surface area contributed by atoms with Gasteiger partial charge in [-0.05, 0) is 24.3 Å². The summed E-state index contributed by atoms with van der Waals surface area (Å²) >= 11 is 0. The summed E-state index contributed by atoms with van der Waals surface area (Å²) in [6, 6.07) is 9.48. The van der Waals surface area contributed by atoms with Gasteiger partial charge in [-0.1, -0.05) is 5.16 Å². The topological polar surface area (TPSA) is 77.1 Å². The number of methoxy groups -OCH3 is 1. The minimum atomic E-state index is 0.302. The number of benzene rings is 1. The first-order valence-electron chi connectivity index (χ1n) is 5.15. The van der Waals surface area contributed by atoms with Crippen molar-refractivity contribution >= 4 is 16.8 Å². The number of aromatic amines is 1. The fraction of sp³-hybridized carbons (Fsp3) is 0.0833. The Hall–Kier alpha value is -2.43. The molecule has 0 saturated heterocycles. The predicted octanol–water partition coefficient (Wildman–Crippen LogP) is 2.41. The van der Waals surface area contributed by atoms with E-state index in [9.17, 15) is 0 Å². The maximum Gasteiger partial charge on any atom is 0.222 e. The van der Waals surface area contributed by atoms with E-state index in [-0.39, 0.29) is 0 Å².